The molecule has 0 amide bonds. The maximum Gasteiger partial charge on any atom is 0.0513 e. The Hall–Kier alpha value is -1.37. The summed E-state index contributed by atoms with van der Waals surface area (Å²) in [6.07, 6.45) is 8.25. The molecular weight excluding hydrogens is 146 g/mol. The summed E-state index contributed by atoms with van der Waals surface area (Å²) in [7, 11) is 0. The quantitative estimate of drug-likeness (QED) is 0.610. The lowest BCUT2D eigenvalue weighted by Crippen LogP contribution is -1.96. The molecule has 1 aliphatic carbocycles. The average molecular weight is 157 g/mol. The van der Waals surface area contributed by atoms with E-state index in [0.29, 0.717) is 5.92 Å². The number of pyridine rings is 1. The van der Waals surface area contributed by atoms with Crippen LogP contribution in [-0.2, 0) is 0 Å². The van der Waals surface area contributed by atoms with Crippen molar-refractivity contribution < 1.29 is 0 Å². The number of hydrogen-bond donors (Lipinski definition) is 0. The summed E-state index contributed by atoms with van der Waals surface area (Å²) in [6.45, 7) is 2.14. The number of rotatable bonds is 1. The molecule has 0 bridgehead atoms. The van der Waals surface area contributed by atoms with E-state index in [1.165, 1.54) is 5.57 Å². The van der Waals surface area contributed by atoms with Gasteiger partial charge in [-0.05, 0) is 19.1 Å². The van der Waals surface area contributed by atoms with Crippen LogP contribution in [0.4, 0.5) is 0 Å². The zero-order valence-electron chi connectivity index (χ0n) is 7.07. The van der Waals surface area contributed by atoms with E-state index in [9.17, 15) is 0 Å². The van der Waals surface area contributed by atoms with Gasteiger partial charge in [-0.2, -0.15) is 0 Å². The standard InChI is InChI=1S/C11H11N/c1-9-5-4-6-10(9)11-7-2-3-8-12-11/h2-8,10H,1H3. The molecule has 0 saturated heterocycles. The van der Waals surface area contributed by atoms with Crippen LogP contribution in [0.3, 0.4) is 0 Å². The van der Waals surface area contributed by atoms with E-state index in [1.54, 1.807) is 0 Å². The van der Waals surface area contributed by atoms with Crippen molar-refractivity contribution in [3.8, 4) is 0 Å². The van der Waals surface area contributed by atoms with Crippen LogP contribution in [-0.4, -0.2) is 4.98 Å². The third kappa shape index (κ3) is 1.18. The molecule has 1 nitrogen and oxygen atoms in total. The number of aromatic nitrogens is 1. The largest absolute Gasteiger partial charge is 0.260 e. The maximum atomic E-state index is 4.32. The molecule has 0 aromatic carbocycles. The van der Waals surface area contributed by atoms with Gasteiger partial charge in [0.2, 0.25) is 0 Å². The van der Waals surface area contributed by atoms with Gasteiger partial charge in [0.15, 0.2) is 0 Å². The van der Waals surface area contributed by atoms with Gasteiger partial charge in [0.1, 0.15) is 0 Å². The summed E-state index contributed by atoms with van der Waals surface area (Å²) in [5.41, 5.74) is 2.51. The Morgan fingerprint density at radius 2 is 2.25 bits per heavy atom. The minimum atomic E-state index is 0.409. The Kier molecular flexibility index (Phi) is 1.78. The van der Waals surface area contributed by atoms with E-state index in [1.807, 2.05) is 18.3 Å². The van der Waals surface area contributed by atoms with Crippen LogP contribution in [0.5, 0.6) is 0 Å². The summed E-state index contributed by atoms with van der Waals surface area (Å²) in [5.74, 6) is 0.409. The summed E-state index contributed by atoms with van der Waals surface area (Å²) in [5, 5.41) is 0. The minimum Gasteiger partial charge on any atom is -0.260 e. The van der Waals surface area contributed by atoms with E-state index >= 15 is 0 Å². The van der Waals surface area contributed by atoms with Gasteiger partial charge in [-0.15, -0.1) is 0 Å². The van der Waals surface area contributed by atoms with Crippen molar-refractivity contribution in [2.75, 3.05) is 0 Å². The van der Waals surface area contributed by atoms with Gasteiger partial charge in [0.25, 0.3) is 0 Å². The Bertz CT molecular complexity index is 322. The van der Waals surface area contributed by atoms with Gasteiger partial charge in [-0.25, -0.2) is 0 Å². The highest BCUT2D eigenvalue weighted by Gasteiger charge is 2.13. The van der Waals surface area contributed by atoms with Crippen molar-refractivity contribution in [3.63, 3.8) is 0 Å². The summed E-state index contributed by atoms with van der Waals surface area (Å²) in [4.78, 5) is 4.32. The van der Waals surface area contributed by atoms with Crippen molar-refractivity contribution in [2.24, 2.45) is 0 Å². The molecule has 1 aromatic rings. The highest BCUT2D eigenvalue weighted by molar-refractivity contribution is 5.36. The molecule has 1 unspecified atom stereocenters. The van der Waals surface area contributed by atoms with Crippen LogP contribution < -0.4 is 0 Å². The molecular formula is C11H11N. The summed E-state index contributed by atoms with van der Waals surface area (Å²) >= 11 is 0. The summed E-state index contributed by atoms with van der Waals surface area (Å²) < 4.78 is 0. The predicted molar refractivity (Wildman–Crippen MR) is 49.9 cm³/mol. The molecule has 12 heavy (non-hydrogen) atoms. The van der Waals surface area contributed by atoms with Gasteiger partial charge >= 0.3 is 0 Å². The van der Waals surface area contributed by atoms with Gasteiger partial charge in [-0.3, -0.25) is 4.98 Å². The second-order valence-corrected chi connectivity index (χ2v) is 3.03. The van der Waals surface area contributed by atoms with Crippen molar-refractivity contribution in [2.45, 2.75) is 12.8 Å². The summed E-state index contributed by atoms with van der Waals surface area (Å²) in [6, 6.07) is 6.04. The first-order valence-corrected chi connectivity index (χ1v) is 4.14. The van der Waals surface area contributed by atoms with E-state index in [4.69, 9.17) is 0 Å². The topological polar surface area (TPSA) is 12.9 Å². The maximum absolute atomic E-state index is 4.32. The molecule has 1 aliphatic rings. The Morgan fingerprint density at radius 1 is 1.33 bits per heavy atom. The number of nitrogens with zero attached hydrogens (tertiary/aromatic N) is 1. The normalized spacial score (nSPS) is 21.1. The van der Waals surface area contributed by atoms with Gasteiger partial charge in [-0.1, -0.05) is 29.9 Å². The lowest BCUT2D eigenvalue weighted by Gasteiger charge is -2.08. The fourth-order valence-corrected chi connectivity index (χ4v) is 1.47. The third-order valence-electron chi connectivity index (χ3n) is 2.16. The molecule has 1 heterocycles. The Labute approximate surface area is 72.5 Å². The molecule has 0 radical (unpaired) electrons. The molecule has 60 valence electrons. The average Bonchev–Trinajstić information content (AvgIpc) is 2.53. The van der Waals surface area contributed by atoms with E-state index < -0.39 is 0 Å². The van der Waals surface area contributed by atoms with Crippen molar-refractivity contribution in [1.82, 2.24) is 4.98 Å². The SMILES string of the molecule is CC1=CC=CC1c1ccccn1. The van der Waals surface area contributed by atoms with Gasteiger partial charge in [0, 0.05) is 12.1 Å². The number of allylic oxidation sites excluding steroid dienone is 4. The molecule has 0 aliphatic heterocycles. The number of hydrogen-bond acceptors (Lipinski definition) is 1. The minimum absolute atomic E-state index is 0.409. The first-order chi connectivity index (χ1) is 5.88. The van der Waals surface area contributed by atoms with Crippen molar-refractivity contribution >= 4 is 0 Å². The molecule has 0 N–H and O–H groups in total. The lowest BCUT2D eigenvalue weighted by molar-refractivity contribution is 0.946. The lowest BCUT2D eigenvalue weighted by atomic mass is 10.0. The van der Waals surface area contributed by atoms with Gasteiger partial charge < -0.3 is 0 Å². The van der Waals surface area contributed by atoms with Crippen molar-refractivity contribution in [3.05, 3.63) is 53.9 Å². The first-order valence-electron chi connectivity index (χ1n) is 4.14. The van der Waals surface area contributed by atoms with Crippen LogP contribution in [0.25, 0.3) is 0 Å². The Balaban J connectivity index is 2.33. The smallest absolute Gasteiger partial charge is 0.0513 e. The van der Waals surface area contributed by atoms with Crippen LogP contribution in [0.15, 0.2) is 48.2 Å². The fraction of sp³-hybridized carbons (Fsp3) is 0.182. The van der Waals surface area contributed by atoms with Crippen LogP contribution in [0, 0.1) is 0 Å². The first kappa shape index (κ1) is 7.29. The molecule has 0 saturated carbocycles. The van der Waals surface area contributed by atoms with Crippen LogP contribution in [0.1, 0.15) is 18.5 Å². The monoisotopic (exact) mass is 157 g/mol. The molecule has 1 aromatic heterocycles. The van der Waals surface area contributed by atoms with E-state index in [0.717, 1.165) is 5.69 Å². The van der Waals surface area contributed by atoms with E-state index in [-0.39, 0.29) is 0 Å². The zero-order chi connectivity index (χ0) is 8.39. The molecule has 2 rings (SSSR count). The Morgan fingerprint density at radius 3 is 2.83 bits per heavy atom. The zero-order valence-corrected chi connectivity index (χ0v) is 7.07. The van der Waals surface area contributed by atoms with E-state index in [2.05, 4.69) is 36.2 Å². The molecule has 0 fully saturated rings. The van der Waals surface area contributed by atoms with Crippen LogP contribution >= 0.6 is 0 Å². The highest BCUT2D eigenvalue weighted by Crippen LogP contribution is 2.27. The van der Waals surface area contributed by atoms with Crippen molar-refractivity contribution in [1.29, 1.82) is 0 Å². The second kappa shape index (κ2) is 2.94. The molecule has 1 atom stereocenters. The second-order valence-electron chi connectivity index (χ2n) is 3.03. The third-order valence-corrected chi connectivity index (χ3v) is 2.16. The van der Waals surface area contributed by atoms with Gasteiger partial charge in [0.05, 0.1) is 5.69 Å². The predicted octanol–water partition coefficient (Wildman–Crippen LogP) is 2.68. The highest BCUT2D eigenvalue weighted by atomic mass is 14.7. The van der Waals surface area contributed by atoms with Crippen LogP contribution in [0.2, 0.25) is 0 Å². The molecule has 0 spiro atoms. The fourth-order valence-electron chi connectivity index (χ4n) is 1.47. The molecule has 1 heteroatoms.